The Balaban J connectivity index is 1.72. The molecule has 1 atom stereocenters. The molecule has 0 bridgehead atoms. The normalized spacial score (nSPS) is 11.7. The number of carboxylic acids is 1. The topological polar surface area (TPSA) is 101 Å². The number of aliphatic carboxylic acids is 1. The number of anilines is 1. The highest BCUT2D eigenvalue weighted by molar-refractivity contribution is 7.14. The summed E-state index contributed by atoms with van der Waals surface area (Å²) >= 11 is 1.55. The predicted molar refractivity (Wildman–Crippen MR) is 142 cm³/mol. The van der Waals surface area contributed by atoms with Gasteiger partial charge in [0.2, 0.25) is 0 Å². The van der Waals surface area contributed by atoms with Crippen molar-refractivity contribution < 1.29 is 24.2 Å². The summed E-state index contributed by atoms with van der Waals surface area (Å²) < 4.78 is 10.9. The fourth-order valence-electron chi connectivity index (χ4n) is 3.78. The van der Waals surface area contributed by atoms with Crippen LogP contribution >= 0.6 is 11.3 Å². The molecule has 0 saturated heterocycles. The van der Waals surface area contributed by atoms with E-state index in [1.807, 2.05) is 49.6 Å². The lowest BCUT2D eigenvalue weighted by molar-refractivity contribution is -0.139. The molecule has 192 valence electrons. The van der Waals surface area contributed by atoms with Crippen molar-refractivity contribution in [2.45, 2.75) is 39.8 Å². The van der Waals surface area contributed by atoms with E-state index in [-0.39, 0.29) is 5.92 Å². The van der Waals surface area contributed by atoms with Gasteiger partial charge in [0.15, 0.2) is 5.13 Å². The molecule has 3 aromatic rings. The number of carbonyl (C=O) groups excluding carboxylic acids is 1. The van der Waals surface area contributed by atoms with Gasteiger partial charge in [0.25, 0.3) is 5.91 Å². The van der Waals surface area contributed by atoms with Crippen molar-refractivity contribution in [3.8, 4) is 22.8 Å². The average Bonchev–Trinajstić information content (AvgIpc) is 3.36. The number of rotatable bonds is 12. The summed E-state index contributed by atoms with van der Waals surface area (Å²) in [6.07, 6.45) is 0.377. The van der Waals surface area contributed by atoms with E-state index in [9.17, 15) is 14.7 Å². The lowest BCUT2D eigenvalue weighted by atomic mass is 10.0. The number of ether oxygens (including phenoxy) is 2. The maximum Gasteiger partial charge on any atom is 0.326 e. The van der Waals surface area contributed by atoms with Gasteiger partial charge in [0.05, 0.1) is 19.9 Å². The first-order valence-corrected chi connectivity index (χ1v) is 12.7. The molecule has 0 radical (unpaired) electrons. The molecule has 1 heterocycles. The van der Waals surface area contributed by atoms with Crippen LogP contribution in [0.4, 0.5) is 5.13 Å². The molecule has 0 aliphatic rings. The summed E-state index contributed by atoms with van der Waals surface area (Å²) in [6.45, 7) is 7.28. The quantitative estimate of drug-likeness (QED) is 0.350. The Labute approximate surface area is 215 Å². The van der Waals surface area contributed by atoms with Crippen molar-refractivity contribution in [1.82, 2.24) is 10.3 Å². The van der Waals surface area contributed by atoms with Crippen LogP contribution in [-0.4, -0.2) is 48.8 Å². The highest BCUT2D eigenvalue weighted by Gasteiger charge is 2.22. The Kier molecular flexibility index (Phi) is 9.30. The number of benzene rings is 2. The maximum atomic E-state index is 12.6. The molecule has 2 N–H and O–H groups in total. The SMILES string of the molecule is CCN(Cc1ccc(C(=O)NC(CC(C)C)C(=O)O)cc1)c1nc(-c2cc(OC)ccc2OC)cs1. The number of carboxylic acid groups (broad SMARTS) is 1. The van der Waals surface area contributed by atoms with Gasteiger partial charge in [0.1, 0.15) is 17.5 Å². The molecule has 0 fully saturated rings. The lowest BCUT2D eigenvalue weighted by Crippen LogP contribution is -2.41. The molecule has 2 aromatic carbocycles. The van der Waals surface area contributed by atoms with Gasteiger partial charge < -0.3 is 24.8 Å². The molecule has 36 heavy (non-hydrogen) atoms. The monoisotopic (exact) mass is 511 g/mol. The van der Waals surface area contributed by atoms with E-state index in [2.05, 4.69) is 17.1 Å². The third kappa shape index (κ3) is 6.75. The molecular formula is C27H33N3O5S. The van der Waals surface area contributed by atoms with Crippen molar-refractivity contribution in [2.24, 2.45) is 5.92 Å². The van der Waals surface area contributed by atoms with Crippen LogP contribution in [0.15, 0.2) is 47.8 Å². The van der Waals surface area contributed by atoms with Crippen LogP contribution in [0.3, 0.4) is 0 Å². The zero-order chi connectivity index (χ0) is 26.2. The van der Waals surface area contributed by atoms with E-state index in [0.29, 0.717) is 18.5 Å². The Morgan fingerprint density at radius 1 is 1.11 bits per heavy atom. The van der Waals surface area contributed by atoms with E-state index in [1.165, 1.54) is 0 Å². The largest absolute Gasteiger partial charge is 0.497 e. The zero-order valence-electron chi connectivity index (χ0n) is 21.3. The second-order valence-corrected chi connectivity index (χ2v) is 9.62. The van der Waals surface area contributed by atoms with Gasteiger partial charge in [-0.15, -0.1) is 11.3 Å². The standard InChI is InChI=1S/C27H33N3O5S/c1-6-30(27-29-23(16-36-27)21-14-20(34-4)11-12-24(21)35-5)15-18-7-9-19(10-8-18)25(31)28-22(26(32)33)13-17(2)3/h7-12,14,16-17,22H,6,13,15H2,1-5H3,(H,28,31)(H,32,33). The van der Waals surface area contributed by atoms with Crippen LogP contribution in [0.25, 0.3) is 11.3 Å². The minimum atomic E-state index is -1.03. The molecule has 0 aliphatic heterocycles. The smallest absolute Gasteiger partial charge is 0.326 e. The maximum absolute atomic E-state index is 12.6. The Bertz CT molecular complexity index is 1180. The number of amides is 1. The van der Waals surface area contributed by atoms with Gasteiger partial charge in [-0.2, -0.15) is 0 Å². The van der Waals surface area contributed by atoms with Crippen LogP contribution in [-0.2, 0) is 11.3 Å². The fourth-order valence-corrected chi connectivity index (χ4v) is 4.67. The van der Waals surface area contributed by atoms with Gasteiger partial charge in [0, 0.05) is 29.6 Å². The molecule has 3 rings (SSSR count). The second-order valence-electron chi connectivity index (χ2n) is 8.79. The van der Waals surface area contributed by atoms with Gasteiger partial charge in [-0.1, -0.05) is 26.0 Å². The number of nitrogens with zero attached hydrogens (tertiary/aromatic N) is 2. The van der Waals surface area contributed by atoms with E-state index in [1.54, 1.807) is 37.7 Å². The minimum absolute atomic E-state index is 0.158. The number of nitrogens with one attached hydrogen (secondary N) is 1. The van der Waals surface area contributed by atoms with Crippen molar-refractivity contribution in [1.29, 1.82) is 0 Å². The lowest BCUT2D eigenvalue weighted by Gasteiger charge is -2.20. The first-order valence-electron chi connectivity index (χ1n) is 11.8. The van der Waals surface area contributed by atoms with E-state index in [0.717, 1.165) is 40.0 Å². The second kappa shape index (κ2) is 12.4. The van der Waals surface area contributed by atoms with Crippen molar-refractivity contribution in [3.05, 3.63) is 59.0 Å². The third-order valence-corrected chi connectivity index (χ3v) is 6.63. The molecule has 1 aromatic heterocycles. The highest BCUT2D eigenvalue weighted by atomic mass is 32.1. The summed E-state index contributed by atoms with van der Waals surface area (Å²) in [5.41, 5.74) is 3.12. The Morgan fingerprint density at radius 2 is 1.83 bits per heavy atom. The number of methoxy groups -OCH3 is 2. The van der Waals surface area contributed by atoms with Crippen molar-refractivity contribution in [3.63, 3.8) is 0 Å². The first-order chi connectivity index (χ1) is 17.2. The summed E-state index contributed by atoms with van der Waals surface area (Å²) in [5.74, 6) is 0.198. The van der Waals surface area contributed by atoms with Gasteiger partial charge in [-0.05, 0) is 55.2 Å². The Hall–Kier alpha value is -3.59. The fraction of sp³-hybridized carbons (Fsp3) is 0.370. The summed E-state index contributed by atoms with van der Waals surface area (Å²) in [4.78, 5) is 31.0. The van der Waals surface area contributed by atoms with E-state index in [4.69, 9.17) is 14.5 Å². The predicted octanol–water partition coefficient (Wildman–Crippen LogP) is 5.08. The number of thiazole rings is 1. The van der Waals surface area contributed by atoms with Crippen LogP contribution in [0.2, 0.25) is 0 Å². The molecule has 1 unspecified atom stereocenters. The zero-order valence-corrected chi connectivity index (χ0v) is 22.1. The third-order valence-electron chi connectivity index (χ3n) is 5.73. The van der Waals surface area contributed by atoms with Crippen LogP contribution in [0, 0.1) is 5.92 Å². The molecule has 9 heteroatoms. The molecule has 0 spiro atoms. The summed E-state index contributed by atoms with van der Waals surface area (Å²) in [5, 5.41) is 14.9. The summed E-state index contributed by atoms with van der Waals surface area (Å²) in [6, 6.07) is 11.9. The molecule has 0 aliphatic carbocycles. The van der Waals surface area contributed by atoms with Crippen LogP contribution < -0.4 is 19.7 Å². The number of hydrogen-bond acceptors (Lipinski definition) is 7. The highest BCUT2D eigenvalue weighted by Crippen LogP contribution is 2.36. The number of aromatic nitrogens is 1. The number of carbonyl (C=O) groups is 2. The van der Waals surface area contributed by atoms with E-state index >= 15 is 0 Å². The molecular weight excluding hydrogens is 478 g/mol. The molecule has 8 nitrogen and oxygen atoms in total. The number of hydrogen-bond donors (Lipinski definition) is 2. The first kappa shape index (κ1) is 27.0. The molecule has 0 saturated carbocycles. The Morgan fingerprint density at radius 3 is 2.42 bits per heavy atom. The van der Waals surface area contributed by atoms with Crippen molar-refractivity contribution >= 4 is 28.3 Å². The minimum Gasteiger partial charge on any atom is -0.497 e. The van der Waals surface area contributed by atoms with Crippen LogP contribution in [0.1, 0.15) is 43.1 Å². The van der Waals surface area contributed by atoms with E-state index < -0.39 is 17.9 Å². The van der Waals surface area contributed by atoms with Gasteiger partial charge in [-0.25, -0.2) is 9.78 Å². The molecule has 1 amide bonds. The van der Waals surface area contributed by atoms with Gasteiger partial charge in [-0.3, -0.25) is 4.79 Å². The van der Waals surface area contributed by atoms with Crippen LogP contribution in [0.5, 0.6) is 11.5 Å². The van der Waals surface area contributed by atoms with Crippen molar-refractivity contribution in [2.75, 3.05) is 25.7 Å². The van der Waals surface area contributed by atoms with Gasteiger partial charge >= 0.3 is 5.97 Å². The average molecular weight is 512 g/mol. The summed E-state index contributed by atoms with van der Waals surface area (Å²) in [7, 11) is 3.26.